The lowest BCUT2D eigenvalue weighted by atomic mass is 9.86. The third-order valence-corrected chi connectivity index (χ3v) is 12.6. The van der Waals surface area contributed by atoms with E-state index in [4.69, 9.17) is 9.47 Å². The van der Waals surface area contributed by atoms with Gasteiger partial charge < -0.3 is 19.3 Å². The zero-order valence-corrected chi connectivity index (χ0v) is 22.2. The number of hydrogen-bond donors (Lipinski definition) is 0. The molecule has 32 heavy (non-hydrogen) atoms. The molecule has 1 fully saturated rings. The Labute approximate surface area is 198 Å². The zero-order chi connectivity index (χ0) is 23.5. The van der Waals surface area contributed by atoms with Gasteiger partial charge in [-0.15, -0.1) is 0 Å². The highest BCUT2D eigenvalue weighted by molar-refractivity contribution is 8.60. The predicted molar refractivity (Wildman–Crippen MR) is 132 cm³/mol. The number of esters is 2. The maximum absolute atomic E-state index is 13.7. The van der Waals surface area contributed by atoms with Crippen LogP contribution in [0.25, 0.3) is 0 Å². The van der Waals surface area contributed by atoms with Gasteiger partial charge in [0, 0.05) is 38.2 Å². The fourth-order valence-electron chi connectivity index (χ4n) is 5.43. The van der Waals surface area contributed by atoms with E-state index in [9.17, 15) is 9.59 Å². The normalized spacial score (nSPS) is 25.8. The van der Waals surface area contributed by atoms with Crippen LogP contribution in [-0.2, 0) is 19.1 Å². The lowest BCUT2D eigenvalue weighted by Crippen LogP contribution is -2.55. The van der Waals surface area contributed by atoms with E-state index in [-0.39, 0.29) is 11.9 Å². The molecule has 3 aliphatic rings. The highest BCUT2D eigenvalue weighted by Crippen LogP contribution is 2.86. The van der Waals surface area contributed by atoms with E-state index in [0.29, 0.717) is 11.5 Å². The van der Waals surface area contributed by atoms with Crippen molar-refractivity contribution in [2.24, 2.45) is 5.92 Å². The van der Waals surface area contributed by atoms with Crippen molar-refractivity contribution in [2.75, 3.05) is 40.4 Å². The van der Waals surface area contributed by atoms with Crippen LogP contribution in [-0.4, -0.2) is 67.3 Å². The van der Waals surface area contributed by atoms with Gasteiger partial charge in [0.15, 0.2) is 5.16 Å². The summed E-state index contributed by atoms with van der Waals surface area (Å²) in [5.74, 6) is -0.351. The summed E-state index contributed by atoms with van der Waals surface area (Å²) in [6.07, 6.45) is 6.98. The van der Waals surface area contributed by atoms with E-state index in [0.717, 1.165) is 49.6 Å². The van der Waals surface area contributed by atoms with Crippen LogP contribution in [0.3, 0.4) is 0 Å². The number of ether oxygens (including phenoxy) is 2. The van der Waals surface area contributed by atoms with Gasteiger partial charge in [-0.1, -0.05) is 37.1 Å². The molecule has 2 atom stereocenters. The fourth-order valence-corrected chi connectivity index (χ4v) is 12.3. The molecule has 180 valence electrons. The van der Waals surface area contributed by atoms with Crippen LogP contribution in [0.2, 0.25) is 0 Å². The number of allylic oxidation sites excluding steroid dienone is 1. The Balaban J connectivity index is 2.27. The summed E-state index contributed by atoms with van der Waals surface area (Å²) >= 11 is 1.80. The second-order valence-corrected chi connectivity index (χ2v) is 12.5. The highest BCUT2D eigenvalue weighted by Gasteiger charge is 2.71. The summed E-state index contributed by atoms with van der Waals surface area (Å²) in [5.41, 5.74) is 2.79. The first-order chi connectivity index (χ1) is 15.5. The monoisotopic (exact) mass is 482 g/mol. The molecule has 2 heterocycles. The third kappa shape index (κ3) is 3.87. The van der Waals surface area contributed by atoms with E-state index < -0.39 is 12.3 Å². The molecule has 8 heteroatoms. The Morgan fingerprint density at radius 3 is 1.97 bits per heavy atom. The van der Waals surface area contributed by atoms with E-state index in [1.54, 1.807) is 11.4 Å². The molecular formula is C24H39N2O4PS. The number of nitrogens with zero attached hydrogens (tertiary/aromatic N) is 2. The average molecular weight is 483 g/mol. The molecule has 0 aromatic heterocycles. The molecule has 2 unspecified atom stereocenters. The Morgan fingerprint density at radius 2 is 1.50 bits per heavy atom. The summed E-state index contributed by atoms with van der Waals surface area (Å²) < 4.78 is 10.8. The Hall–Kier alpha value is -1.20. The first-order valence-corrected chi connectivity index (χ1v) is 14.9. The number of methoxy groups -OCH3 is 2. The zero-order valence-electron chi connectivity index (χ0n) is 20.5. The van der Waals surface area contributed by atoms with Gasteiger partial charge in [0.25, 0.3) is 0 Å². The van der Waals surface area contributed by atoms with Crippen LogP contribution in [0, 0.1) is 5.92 Å². The smallest absolute Gasteiger partial charge is 0.336 e. The molecule has 0 radical (unpaired) electrons. The summed E-state index contributed by atoms with van der Waals surface area (Å²) in [4.78, 5) is 32.8. The average Bonchev–Trinajstić information content (AvgIpc) is 2.94. The second-order valence-electron chi connectivity index (χ2n) is 8.52. The van der Waals surface area contributed by atoms with Crippen LogP contribution in [0.5, 0.6) is 0 Å². The minimum atomic E-state index is -1.02. The van der Waals surface area contributed by atoms with Crippen molar-refractivity contribution in [3.05, 3.63) is 21.6 Å². The summed E-state index contributed by atoms with van der Waals surface area (Å²) in [7, 11) is 1.89. The van der Waals surface area contributed by atoms with Crippen LogP contribution in [0.1, 0.15) is 66.2 Å². The first kappa shape index (κ1) is 25.4. The van der Waals surface area contributed by atoms with Gasteiger partial charge in [-0.2, -0.15) is 0 Å². The van der Waals surface area contributed by atoms with Crippen LogP contribution in [0.4, 0.5) is 0 Å². The second kappa shape index (κ2) is 10.8. The van der Waals surface area contributed by atoms with Crippen molar-refractivity contribution in [3.8, 4) is 0 Å². The number of hydrogen-bond acceptors (Lipinski definition) is 7. The largest absolute Gasteiger partial charge is 0.468 e. The molecule has 2 aliphatic heterocycles. The Morgan fingerprint density at radius 1 is 0.938 bits per heavy atom. The van der Waals surface area contributed by atoms with E-state index in [1.165, 1.54) is 45.3 Å². The molecule has 0 saturated heterocycles. The predicted octanol–water partition coefficient (Wildman–Crippen LogP) is 5.31. The maximum Gasteiger partial charge on any atom is 0.336 e. The van der Waals surface area contributed by atoms with Crippen molar-refractivity contribution in [1.82, 2.24) is 9.80 Å². The lowest BCUT2D eigenvalue weighted by molar-refractivity contribution is -0.145. The van der Waals surface area contributed by atoms with E-state index in [2.05, 4.69) is 37.5 Å². The van der Waals surface area contributed by atoms with Crippen LogP contribution < -0.4 is 0 Å². The van der Waals surface area contributed by atoms with Crippen LogP contribution in [0.15, 0.2) is 21.6 Å². The fraction of sp³-hybridized carbons (Fsp3) is 0.750. The number of fused-ring (bicyclic) bond motifs is 1. The van der Waals surface area contributed by atoms with Crippen molar-refractivity contribution in [1.29, 1.82) is 0 Å². The van der Waals surface area contributed by atoms with Gasteiger partial charge >= 0.3 is 11.9 Å². The third-order valence-electron chi connectivity index (χ3n) is 7.09. The summed E-state index contributed by atoms with van der Waals surface area (Å²) in [6, 6.07) is 0. The molecule has 0 amide bonds. The topological polar surface area (TPSA) is 59.1 Å². The highest BCUT2D eigenvalue weighted by atomic mass is 32.7. The minimum Gasteiger partial charge on any atom is -0.468 e. The molecule has 0 aromatic rings. The van der Waals surface area contributed by atoms with Gasteiger partial charge in [0.05, 0.1) is 30.9 Å². The quantitative estimate of drug-likeness (QED) is 0.251. The number of carbonyl (C=O) groups excluding carboxylic acids is 2. The Kier molecular flexibility index (Phi) is 8.59. The Bertz CT molecular complexity index is 783. The van der Waals surface area contributed by atoms with Crippen molar-refractivity contribution in [3.63, 3.8) is 0 Å². The van der Waals surface area contributed by atoms with Gasteiger partial charge in [-0.25, -0.2) is 4.79 Å². The molecule has 0 bridgehead atoms. The minimum absolute atomic E-state index is 0.307. The molecule has 3 rings (SSSR count). The molecule has 1 saturated carbocycles. The number of rotatable bonds is 9. The summed E-state index contributed by atoms with van der Waals surface area (Å²) in [5, 5.41) is -1.02. The number of carbonyl (C=O) groups is 2. The molecular weight excluding hydrogens is 443 g/mol. The first-order valence-electron chi connectivity index (χ1n) is 12.1. The van der Waals surface area contributed by atoms with Crippen molar-refractivity contribution < 1.29 is 19.1 Å². The molecule has 0 spiro atoms. The summed E-state index contributed by atoms with van der Waals surface area (Å²) in [6.45, 7) is 11.8. The maximum atomic E-state index is 13.7. The standard InChI is InChI=1S/C24H39N2O4PS/c1-7-25(8-2)20-21(26(9-3)10-4)31-24(20,23(28)30-6)18(22(27)29-5)19(32-31)17-15-13-11-12-14-16-17/h17H,7-16H2,1-6H3. The van der Waals surface area contributed by atoms with Gasteiger partial charge in [0.1, 0.15) is 0 Å². The SMILES string of the molecule is CCN(CC)C1=C(N(CC)CC)C2(C(=O)OC)C(C(=O)OC)=C(C3CCCCCC3)SP12. The molecule has 0 aromatic carbocycles. The van der Waals surface area contributed by atoms with Crippen LogP contribution >= 0.6 is 18.5 Å². The lowest BCUT2D eigenvalue weighted by Gasteiger charge is -2.53. The van der Waals surface area contributed by atoms with Gasteiger partial charge in [-0.05, 0) is 46.5 Å². The van der Waals surface area contributed by atoms with Gasteiger partial charge in [0.2, 0.25) is 0 Å². The molecule has 0 N–H and O–H groups in total. The van der Waals surface area contributed by atoms with Crippen molar-refractivity contribution in [2.45, 2.75) is 71.4 Å². The van der Waals surface area contributed by atoms with E-state index >= 15 is 0 Å². The van der Waals surface area contributed by atoms with E-state index in [1.807, 2.05) is 0 Å². The molecule has 6 nitrogen and oxygen atoms in total. The molecule has 1 aliphatic carbocycles. The van der Waals surface area contributed by atoms with Crippen molar-refractivity contribution >= 4 is 30.4 Å². The van der Waals surface area contributed by atoms with Gasteiger partial charge in [-0.3, -0.25) is 4.79 Å².